The second-order valence-corrected chi connectivity index (χ2v) is 8.06. The molecule has 2 amide bonds. The van der Waals surface area contributed by atoms with E-state index in [1.54, 1.807) is 26.2 Å². The molecule has 0 saturated carbocycles. The normalized spacial score (nSPS) is 10.9. The summed E-state index contributed by atoms with van der Waals surface area (Å²) in [5.74, 6) is -1.70. The highest BCUT2D eigenvalue weighted by atomic mass is 19.1. The van der Waals surface area contributed by atoms with Crippen LogP contribution in [0.15, 0.2) is 35.3 Å². The van der Waals surface area contributed by atoms with Crippen LogP contribution in [0.2, 0.25) is 0 Å². The number of benzene rings is 1. The van der Waals surface area contributed by atoms with E-state index in [4.69, 9.17) is 4.74 Å². The van der Waals surface area contributed by atoms with Crippen LogP contribution in [0.1, 0.15) is 34.8 Å². The molecular formula is C24H27FN4O5. The molecule has 0 aliphatic rings. The van der Waals surface area contributed by atoms with Crippen molar-refractivity contribution in [1.29, 1.82) is 0 Å². The minimum absolute atomic E-state index is 0.111. The first-order valence-corrected chi connectivity index (χ1v) is 10.7. The van der Waals surface area contributed by atoms with Gasteiger partial charge in [-0.2, -0.15) is 0 Å². The lowest BCUT2D eigenvalue weighted by molar-refractivity contribution is -0.130. The Hall–Kier alpha value is -3.95. The number of carbonyl (C=O) groups excluding carboxylic acids is 2. The minimum Gasteiger partial charge on any atom is -0.505 e. The Balaban J connectivity index is 1.97. The number of hydrogen-bond donors (Lipinski definition) is 2. The Morgan fingerprint density at radius 3 is 2.68 bits per heavy atom. The molecule has 9 nitrogen and oxygen atoms in total. The summed E-state index contributed by atoms with van der Waals surface area (Å²) in [6.45, 7) is 2.00. The number of pyridine rings is 2. The van der Waals surface area contributed by atoms with E-state index in [1.807, 2.05) is 6.92 Å². The summed E-state index contributed by atoms with van der Waals surface area (Å²) in [6, 6.07) is 5.70. The Labute approximate surface area is 195 Å². The van der Waals surface area contributed by atoms with Gasteiger partial charge in [0, 0.05) is 46.4 Å². The number of amides is 2. The number of aryl methyl sites for hydroxylation is 1. The van der Waals surface area contributed by atoms with Crippen LogP contribution in [0.3, 0.4) is 0 Å². The first-order chi connectivity index (χ1) is 16.1. The molecule has 0 aliphatic heterocycles. The molecule has 0 radical (unpaired) electrons. The van der Waals surface area contributed by atoms with Gasteiger partial charge in [0.1, 0.15) is 22.6 Å². The van der Waals surface area contributed by atoms with Crippen molar-refractivity contribution in [2.75, 3.05) is 27.2 Å². The first kappa shape index (κ1) is 24.7. The van der Waals surface area contributed by atoms with Gasteiger partial charge in [-0.15, -0.1) is 0 Å². The highest BCUT2D eigenvalue weighted by molar-refractivity contribution is 6.01. The molecule has 0 bridgehead atoms. The molecule has 2 aromatic heterocycles. The van der Waals surface area contributed by atoms with E-state index < -0.39 is 23.0 Å². The molecule has 0 aliphatic carbocycles. The van der Waals surface area contributed by atoms with Gasteiger partial charge in [-0.05, 0) is 29.7 Å². The third-order valence-electron chi connectivity index (χ3n) is 5.30. The summed E-state index contributed by atoms with van der Waals surface area (Å²) in [4.78, 5) is 42.7. The lowest BCUT2D eigenvalue weighted by Gasteiger charge is -2.15. The van der Waals surface area contributed by atoms with Crippen LogP contribution in [0.5, 0.6) is 11.5 Å². The van der Waals surface area contributed by atoms with Gasteiger partial charge in [-0.25, -0.2) is 4.39 Å². The van der Waals surface area contributed by atoms with Gasteiger partial charge >= 0.3 is 0 Å². The van der Waals surface area contributed by atoms with Gasteiger partial charge in [-0.1, -0.05) is 13.0 Å². The summed E-state index contributed by atoms with van der Waals surface area (Å²) >= 11 is 0. The van der Waals surface area contributed by atoms with E-state index in [0.717, 1.165) is 0 Å². The van der Waals surface area contributed by atoms with Crippen molar-refractivity contribution in [3.8, 4) is 11.5 Å². The molecule has 2 heterocycles. The number of nitrogens with one attached hydrogen (secondary N) is 1. The Morgan fingerprint density at radius 2 is 2.00 bits per heavy atom. The molecule has 0 atom stereocenters. The molecule has 10 heteroatoms. The van der Waals surface area contributed by atoms with Crippen molar-refractivity contribution in [3.63, 3.8) is 0 Å². The number of rotatable bonds is 8. The van der Waals surface area contributed by atoms with Gasteiger partial charge in [-0.3, -0.25) is 19.4 Å². The van der Waals surface area contributed by atoms with Crippen LogP contribution in [0.4, 0.5) is 4.39 Å². The molecular weight excluding hydrogens is 443 g/mol. The number of ether oxygens (including phenoxy) is 1. The number of fused-ring (bicyclic) bond motifs is 1. The summed E-state index contributed by atoms with van der Waals surface area (Å²) < 4.78 is 20.6. The van der Waals surface area contributed by atoms with E-state index in [9.17, 15) is 23.9 Å². The maximum atomic E-state index is 13.8. The Kier molecular flexibility index (Phi) is 7.50. The SMILES string of the molecule is CCCNC(=O)c1c(O)c2ncc(Cc3ccc(F)cc3OCC(=O)N(C)C)cc2n(C)c1=O. The smallest absolute Gasteiger partial charge is 0.267 e. The fraction of sp³-hybridized carbons (Fsp3) is 0.333. The Morgan fingerprint density at radius 1 is 1.26 bits per heavy atom. The number of carbonyl (C=O) groups is 2. The monoisotopic (exact) mass is 470 g/mol. The number of aromatic nitrogens is 2. The first-order valence-electron chi connectivity index (χ1n) is 10.7. The lowest BCUT2D eigenvalue weighted by Crippen LogP contribution is -2.33. The van der Waals surface area contributed by atoms with Crippen molar-refractivity contribution in [2.45, 2.75) is 19.8 Å². The van der Waals surface area contributed by atoms with E-state index in [-0.39, 0.29) is 35.8 Å². The average Bonchev–Trinajstić information content (AvgIpc) is 2.81. The van der Waals surface area contributed by atoms with Crippen molar-refractivity contribution in [3.05, 3.63) is 63.3 Å². The van der Waals surface area contributed by atoms with Crippen LogP contribution in [0, 0.1) is 5.82 Å². The molecule has 0 unspecified atom stereocenters. The van der Waals surface area contributed by atoms with Gasteiger partial charge < -0.3 is 24.6 Å². The summed E-state index contributed by atoms with van der Waals surface area (Å²) in [6.07, 6.45) is 2.45. The zero-order chi connectivity index (χ0) is 25.0. The summed E-state index contributed by atoms with van der Waals surface area (Å²) in [5, 5.41) is 13.2. The molecule has 3 rings (SSSR count). The third-order valence-corrected chi connectivity index (χ3v) is 5.30. The lowest BCUT2D eigenvalue weighted by atomic mass is 10.0. The quantitative estimate of drug-likeness (QED) is 0.521. The van der Waals surface area contributed by atoms with Crippen molar-refractivity contribution >= 4 is 22.8 Å². The minimum atomic E-state index is -0.659. The van der Waals surface area contributed by atoms with Crippen molar-refractivity contribution < 1.29 is 23.8 Å². The van der Waals surface area contributed by atoms with E-state index in [0.29, 0.717) is 29.6 Å². The van der Waals surface area contributed by atoms with Crippen LogP contribution >= 0.6 is 0 Å². The number of aromatic hydroxyl groups is 1. The molecule has 34 heavy (non-hydrogen) atoms. The van der Waals surface area contributed by atoms with Crippen molar-refractivity contribution in [2.24, 2.45) is 7.05 Å². The Bertz CT molecular complexity index is 1300. The van der Waals surface area contributed by atoms with Crippen LogP contribution in [-0.4, -0.2) is 58.6 Å². The second-order valence-electron chi connectivity index (χ2n) is 8.06. The standard InChI is InChI=1S/C24H27FN4O5/c1-5-8-26-23(32)20-22(31)21-17(29(4)24(20)33)10-14(12-27-21)9-15-6-7-16(25)11-18(15)34-13-19(30)28(2)3/h6-7,10-12,31H,5,8-9,13H2,1-4H3,(H,26,32). The number of likely N-dealkylation sites (N-methyl/N-ethyl adjacent to an activating group) is 1. The summed E-state index contributed by atoms with van der Waals surface area (Å²) in [7, 11) is 4.68. The largest absolute Gasteiger partial charge is 0.505 e. The average molecular weight is 471 g/mol. The summed E-state index contributed by atoms with van der Waals surface area (Å²) in [5.41, 5.74) is 0.701. The van der Waals surface area contributed by atoms with E-state index in [2.05, 4.69) is 10.3 Å². The topological polar surface area (TPSA) is 114 Å². The van der Waals surface area contributed by atoms with Gasteiger partial charge in [0.2, 0.25) is 0 Å². The van der Waals surface area contributed by atoms with E-state index >= 15 is 0 Å². The van der Waals surface area contributed by atoms with Crippen LogP contribution < -0.4 is 15.6 Å². The second kappa shape index (κ2) is 10.3. The third kappa shape index (κ3) is 5.16. The molecule has 2 N–H and O–H groups in total. The number of nitrogens with zero attached hydrogens (tertiary/aromatic N) is 3. The predicted molar refractivity (Wildman–Crippen MR) is 125 cm³/mol. The molecule has 0 fully saturated rings. The molecule has 3 aromatic rings. The highest BCUT2D eigenvalue weighted by Crippen LogP contribution is 2.27. The van der Waals surface area contributed by atoms with Crippen LogP contribution in [0.25, 0.3) is 11.0 Å². The van der Waals surface area contributed by atoms with Gasteiger partial charge in [0.05, 0.1) is 5.52 Å². The molecule has 180 valence electrons. The maximum absolute atomic E-state index is 13.8. The predicted octanol–water partition coefficient (Wildman–Crippen LogP) is 1.98. The fourth-order valence-corrected chi connectivity index (χ4v) is 3.36. The maximum Gasteiger partial charge on any atom is 0.267 e. The highest BCUT2D eigenvalue weighted by Gasteiger charge is 2.22. The van der Waals surface area contributed by atoms with Crippen molar-refractivity contribution in [1.82, 2.24) is 19.8 Å². The molecule has 0 saturated heterocycles. The number of halogens is 1. The molecule has 1 aromatic carbocycles. The fourth-order valence-electron chi connectivity index (χ4n) is 3.36. The zero-order valence-electron chi connectivity index (χ0n) is 19.5. The van der Waals surface area contributed by atoms with Gasteiger partial charge in [0.15, 0.2) is 12.4 Å². The number of hydrogen-bond acceptors (Lipinski definition) is 6. The van der Waals surface area contributed by atoms with E-state index in [1.165, 1.54) is 34.8 Å². The van der Waals surface area contributed by atoms with Gasteiger partial charge in [0.25, 0.3) is 17.4 Å². The zero-order valence-corrected chi connectivity index (χ0v) is 19.5. The molecule has 0 spiro atoms. The van der Waals surface area contributed by atoms with Crippen LogP contribution in [-0.2, 0) is 18.3 Å².